The normalized spacial score (nSPS) is 15.0. The van der Waals surface area contributed by atoms with Gasteiger partial charge in [-0.3, -0.25) is 24.0 Å². The topological polar surface area (TPSA) is 257 Å². The number of hydrogen-bond donors (Lipinski definition) is 7. The SMILES string of the molecule is CCCCCCCCCCC(=O)NCC(=O)N(C)C1C(=O)NCC(=O)NC(C(=O)NCC#N)Cc2ccc(OCCN)c(c2)-c2cc1ccc2OCCN.CCN. The Morgan fingerprint density at radius 3 is 2.09 bits per heavy atom. The molecular formula is C41H63N9O7. The maximum atomic E-state index is 13.9. The highest BCUT2D eigenvalue weighted by molar-refractivity contribution is 5.94. The number of benzene rings is 2. The summed E-state index contributed by atoms with van der Waals surface area (Å²) in [5, 5.41) is 19.4. The Balaban J connectivity index is 0.00000362. The molecule has 0 radical (unpaired) electrons. The van der Waals surface area contributed by atoms with Gasteiger partial charge in [0.1, 0.15) is 43.3 Å². The second kappa shape index (κ2) is 27.4. The molecule has 2 aromatic carbocycles. The average molecular weight is 794 g/mol. The van der Waals surface area contributed by atoms with Gasteiger partial charge in [-0.05, 0) is 48.4 Å². The van der Waals surface area contributed by atoms with Gasteiger partial charge in [-0.2, -0.15) is 5.26 Å². The largest absolute Gasteiger partial charge is 0.492 e. The summed E-state index contributed by atoms with van der Waals surface area (Å²) < 4.78 is 12.0. The fourth-order valence-corrected chi connectivity index (χ4v) is 6.14. The lowest BCUT2D eigenvalue weighted by Gasteiger charge is -2.29. The van der Waals surface area contributed by atoms with Gasteiger partial charge in [0, 0.05) is 44.1 Å². The molecule has 4 bridgehead atoms. The van der Waals surface area contributed by atoms with E-state index in [9.17, 15) is 24.0 Å². The zero-order valence-corrected chi connectivity index (χ0v) is 33.8. The van der Waals surface area contributed by atoms with E-state index in [0.717, 1.165) is 32.2 Å². The molecule has 1 aliphatic heterocycles. The fourth-order valence-electron chi connectivity index (χ4n) is 6.14. The molecule has 0 aromatic heterocycles. The van der Waals surface area contributed by atoms with Gasteiger partial charge in [0.25, 0.3) is 0 Å². The molecule has 0 spiro atoms. The maximum Gasteiger partial charge on any atom is 0.247 e. The van der Waals surface area contributed by atoms with Crippen LogP contribution in [0.2, 0.25) is 0 Å². The van der Waals surface area contributed by atoms with Crippen molar-refractivity contribution in [3.63, 3.8) is 0 Å². The zero-order chi connectivity index (χ0) is 42.0. The van der Waals surface area contributed by atoms with Gasteiger partial charge >= 0.3 is 0 Å². The predicted octanol–water partition coefficient (Wildman–Crippen LogP) is 1.94. The van der Waals surface area contributed by atoms with Crippen LogP contribution >= 0.6 is 0 Å². The van der Waals surface area contributed by atoms with Gasteiger partial charge < -0.3 is 52.8 Å². The Morgan fingerprint density at radius 1 is 0.877 bits per heavy atom. The lowest BCUT2D eigenvalue weighted by Crippen LogP contribution is -2.52. The number of carbonyl (C=O) groups excluding carboxylic acids is 5. The molecule has 3 rings (SSSR count). The van der Waals surface area contributed by atoms with Crippen LogP contribution in [0.5, 0.6) is 11.5 Å². The van der Waals surface area contributed by atoms with E-state index in [4.69, 9.17) is 31.9 Å². The molecule has 1 heterocycles. The summed E-state index contributed by atoms with van der Waals surface area (Å²) in [6.07, 6.45) is 9.06. The van der Waals surface area contributed by atoms with Crippen LogP contribution in [0, 0.1) is 11.3 Å². The summed E-state index contributed by atoms with van der Waals surface area (Å²) in [6.45, 7) is 4.55. The van der Waals surface area contributed by atoms with Gasteiger partial charge in [0.2, 0.25) is 29.5 Å². The first-order valence-corrected chi connectivity index (χ1v) is 19.9. The summed E-state index contributed by atoms with van der Waals surface area (Å²) in [5.74, 6) is -1.85. The van der Waals surface area contributed by atoms with Crippen molar-refractivity contribution in [1.29, 1.82) is 5.26 Å². The van der Waals surface area contributed by atoms with Crippen molar-refractivity contribution in [1.82, 2.24) is 26.2 Å². The number of ether oxygens (including phenoxy) is 2. The number of hydrogen-bond acceptors (Lipinski definition) is 11. The lowest BCUT2D eigenvalue weighted by molar-refractivity contribution is -0.140. The molecule has 2 aromatic rings. The predicted molar refractivity (Wildman–Crippen MR) is 219 cm³/mol. The molecule has 16 nitrogen and oxygen atoms in total. The third-order valence-electron chi connectivity index (χ3n) is 8.98. The van der Waals surface area contributed by atoms with Crippen molar-refractivity contribution in [2.45, 2.75) is 90.1 Å². The van der Waals surface area contributed by atoms with Crippen molar-refractivity contribution in [2.24, 2.45) is 17.2 Å². The zero-order valence-electron chi connectivity index (χ0n) is 33.8. The van der Waals surface area contributed by atoms with Crippen LogP contribution in [0.1, 0.15) is 88.8 Å². The Bertz CT molecular complexity index is 1630. The fraction of sp³-hybridized carbons (Fsp3) is 0.561. The van der Waals surface area contributed by atoms with Gasteiger partial charge in [0.15, 0.2) is 0 Å². The quantitative estimate of drug-likeness (QED) is 0.0753. The summed E-state index contributed by atoms with van der Waals surface area (Å²) in [7, 11) is 1.45. The number of likely N-dealkylation sites (N-methyl/N-ethyl adjacent to an activating group) is 1. The van der Waals surface area contributed by atoms with E-state index >= 15 is 0 Å². The number of fused-ring (bicyclic) bond motifs is 5. The number of unbranched alkanes of at least 4 members (excludes halogenated alkanes) is 7. The number of nitrogens with two attached hydrogens (primary N) is 3. The minimum absolute atomic E-state index is 0.0461. The van der Waals surface area contributed by atoms with E-state index in [0.29, 0.717) is 40.2 Å². The Morgan fingerprint density at radius 2 is 1.47 bits per heavy atom. The first-order chi connectivity index (χ1) is 27.5. The third kappa shape index (κ3) is 16.8. The van der Waals surface area contributed by atoms with Gasteiger partial charge in [-0.15, -0.1) is 0 Å². The van der Waals surface area contributed by atoms with Crippen molar-refractivity contribution in [3.05, 3.63) is 47.5 Å². The lowest BCUT2D eigenvalue weighted by atomic mass is 9.93. The number of rotatable bonds is 20. The van der Waals surface area contributed by atoms with Gasteiger partial charge in [-0.1, -0.05) is 70.9 Å². The molecule has 10 N–H and O–H groups in total. The Kier molecular flexibility index (Phi) is 23.0. The first-order valence-electron chi connectivity index (χ1n) is 19.9. The molecule has 0 saturated heterocycles. The van der Waals surface area contributed by atoms with E-state index in [2.05, 4.69) is 28.2 Å². The minimum Gasteiger partial charge on any atom is -0.492 e. The molecule has 57 heavy (non-hydrogen) atoms. The van der Waals surface area contributed by atoms with Crippen molar-refractivity contribution < 1.29 is 33.4 Å². The molecule has 1 aliphatic rings. The number of nitriles is 1. The standard InChI is InChI=1S/C39H56N8O7.C2H7N/c1-3-4-5-6-7-8-9-10-11-34(48)44-26-36(50)47(2)37-28-13-15-33(54-21-18-42)30(24-28)29-22-27(12-14-32(29)53-20-17-41)23-31(38(51)43-19-16-40)46-35(49)25-45-39(37)52;1-2-3/h12-15,22,24,31,37H,3-11,17-21,23,25-26,41-42H2,1-2H3,(H,43,51)(H,44,48)(H,45,52)(H,46,49);2-3H2,1H3. The van der Waals surface area contributed by atoms with E-state index in [1.807, 2.05) is 13.0 Å². The highest BCUT2D eigenvalue weighted by Gasteiger charge is 2.31. The maximum absolute atomic E-state index is 13.9. The molecule has 314 valence electrons. The van der Waals surface area contributed by atoms with Gasteiger partial charge in [-0.25, -0.2) is 0 Å². The van der Waals surface area contributed by atoms with Crippen molar-refractivity contribution in [2.75, 3.05) is 59.5 Å². The molecule has 0 fully saturated rings. The Hall–Kier alpha value is -5.24. The second-order valence-corrected chi connectivity index (χ2v) is 13.6. The second-order valence-electron chi connectivity index (χ2n) is 13.6. The van der Waals surface area contributed by atoms with Crippen LogP contribution in [-0.2, 0) is 30.4 Å². The number of carbonyl (C=O) groups is 5. The molecule has 0 aliphatic carbocycles. The summed E-state index contributed by atoms with van der Waals surface area (Å²) in [4.78, 5) is 67.5. The van der Waals surface area contributed by atoms with E-state index in [-0.39, 0.29) is 51.7 Å². The highest BCUT2D eigenvalue weighted by atomic mass is 16.5. The monoisotopic (exact) mass is 793 g/mol. The molecule has 2 unspecified atom stereocenters. The van der Waals surface area contributed by atoms with E-state index < -0.39 is 42.3 Å². The molecule has 16 heteroatoms. The minimum atomic E-state index is -1.24. The van der Waals surface area contributed by atoms with Crippen molar-refractivity contribution in [3.8, 4) is 28.7 Å². The van der Waals surface area contributed by atoms with E-state index in [1.54, 1.807) is 36.4 Å². The highest BCUT2D eigenvalue weighted by Crippen LogP contribution is 2.40. The van der Waals surface area contributed by atoms with Crippen LogP contribution in [0.15, 0.2) is 36.4 Å². The Labute approximate surface area is 336 Å². The first kappa shape index (κ1) is 47.9. The van der Waals surface area contributed by atoms with Crippen LogP contribution < -0.4 is 47.9 Å². The van der Waals surface area contributed by atoms with Crippen LogP contribution in [0.4, 0.5) is 0 Å². The summed E-state index contributed by atoms with van der Waals surface area (Å²) in [5.41, 5.74) is 18.5. The van der Waals surface area contributed by atoms with E-state index in [1.165, 1.54) is 37.6 Å². The summed E-state index contributed by atoms with van der Waals surface area (Å²) >= 11 is 0. The molecule has 0 saturated carbocycles. The smallest absolute Gasteiger partial charge is 0.247 e. The third-order valence-corrected chi connectivity index (χ3v) is 8.98. The van der Waals surface area contributed by atoms with Crippen LogP contribution in [0.3, 0.4) is 0 Å². The van der Waals surface area contributed by atoms with Gasteiger partial charge in [0.05, 0.1) is 19.2 Å². The number of amides is 5. The van der Waals surface area contributed by atoms with Crippen molar-refractivity contribution >= 4 is 29.5 Å². The molecular weight excluding hydrogens is 731 g/mol. The molecule has 5 amide bonds. The summed E-state index contributed by atoms with van der Waals surface area (Å²) in [6, 6.07) is 9.79. The average Bonchev–Trinajstić information content (AvgIpc) is 3.20. The number of nitrogens with zero attached hydrogens (tertiary/aromatic N) is 2. The van der Waals surface area contributed by atoms with Crippen LogP contribution in [-0.4, -0.2) is 100 Å². The molecule has 2 atom stereocenters. The van der Waals surface area contributed by atoms with Crippen LogP contribution in [0.25, 0.3) is 11.1 Å². The number of nitrogens with one attached hydrogen (secondary N) is 4.